The van der Waals surface area contributed by atoms with Gasteiger partial charge in [-0.3, -0.25) is 9.59 Å². The van der Waals surface area contributed by atoms with Crippen molar-refractivity contribution in [2.45, 2.75) is 32.9 Å². The summed E-state index contributed by atoms with van der Waals surface area (Å²) in [5.74, 6) is -1.44. The Balaban J connectivity index is 1.79. The van der Waals surface area contributed by atoms with Gasteiger partial charge in [-0.1, -0.05) is 0 Å². The number of carboxylic acid groups (broad SMARTS) is 1. The van der Waals surface area contributed by atoms with E-state index in [9.17, 15) is 22.8 Å². The number of aromatic nitrogens is 3. The van der Waals surface area contributed by atoms with Crippen molar-refractivity contribution >= 4 is 11.9 Å². The second-order valence-corrected chi connectivity index (χ2v) is 6.80. The van der Waals surface area contributed by atoms with Crippen LogP contribution in [0.3, 0.4) is 0 Å². The number of hydrogen-bond acceptors (Lipinski definition) is 4. The summed E-state index contributed by atoms with van der Waals surface area (Å²) in [6.45, 7) is 4.00. The number of aliphatic carboxylic acids is 1. The van der Waals surface area contributed by atoms with Gasteiger partial charge in [-0.25, -0.2) is 9.67 Å². The van der Waals surface area contributed by atoms with Gasteiger partial charge in [0.15, 0.2) is 5.82 Å². The largest absolute Gasteiger partial charge is 0.481 e. The molecule has 1 atom stereocenters. The van der Waals surface area contributed by atoms with Crippen molar-refractivity contribution < 1.29 is 27.9 Å². The van der Waals surface area contributed by atoms with Crippen molar-refractivity contribution in [2.24, 2.45) is 5.92 Å². The highest BCUT2D eigenvalue weighted by Gasteiger charge is 2.32. The third-order valence-electron chi connectivity index (χ3n) is 4.95. The molecule has 0 saturated carbocycles. The summed E-state index contributed by atoms with van der Waals surface area (Å²) in [7, 11) is 0. The molecule has 1 aliphatic heterocycles. The lowest BCUT2D eigenvalue weighted by Crippen LogP contribution is -2.31. The van der Waals surface area contributed by atoms with Crippen molar-refractivity contribution in [3.63, 3.8) is 0 Å². The molecule has 1 N–H and O–H groups in total. The summed E-state index contributed by atoms with van der Waals surface area (Å²) in [6.07, 6.45) is -3.26. The average molecular weight is 396 g/mol. The summed E-state index contributed by atoms with van der Waals surface area (Å²) in [6, 6.07) is 2.16. The molecule has 0 spiro atoms. The minimum atomic E-state index is -4.47. The van der Waals surface area contributed by atoms with E-state index in [2.05, 4.69) is 10.1 Å². The van der Waals surface area contributed by atoms with E-state index in [1.807, 2.05) is 0 Å². The van der Waals surface area contributed by atoms with E-state index in [1.54, 1.807) is 13.8 Å². The van der Waals surface area contributed by atoms with Gasteiger partial charge < -0.3 is 10.0 Å². The molecule has 0 bridgehead atoms. The number of rotatable bonds is 4. The predicted molar refractivity (Wildman–Crippen MR) is 91.9 cm³/mol. The number of hydrogen-bond donors (Lipinski definition) is 1. The van der Waals surface area contributed by atoms with E-state index < -0.39 is 23.6 Å². The molecule has 0 unspecified atom stereocenters. The summed E-state index contributed by atoms with van der Waals surface area (Å²) in [5, 5.41) is 13.4. The zero-order valence-electron chi connectivity index (χ0n) is 15.3. The van der Waals surface area contributed by atoms with Gasteiger partial charge >= 0.3 is 12.1 Å². The van der Waals surface area contributed by atoms with Crippen LogP contribution in [0.25, 0.3) is 5.82 Å². The Morgan fingerprint density at radius 3 is 2.54 bits per heavy atom. The average Bonchev–Trinajstić information content (AvgIpc) is 3.22. The fraction of sp³-hybridized carbons (Fsp3) is 0.444. The van der Waals surface area contributed by atoms with E-state index in [0.29, 0.717) is 29.9 Å². The van der Waals surface area contributed by atoms with E-state index in [4.69, 9.17) is 5.11 Å². The molecule has 3 rings (SSSR count). The first kappa shape index (κ1) is 19.8. The molecule has 10 heteroatoms. The van der Waals surface area contributed by atoms with Crippen LogP contribution in [0.15, 0.2) is 18.3 Å². The second-order valence-electron chi connectivity index (χ2n) is 6.80. The van der Waals surface area contributed by atoms with Gasteiger partial charge in [0.2, 0.25) is 5.91 Å². The zero-order valence-corrected chi connectivity index (χ0v) is 15.3. The first-order chi connectivity index (χ1) is 13.1. The van der Waals surface area contributed by atoms with Crippen LogP contribution in [0.1, 0.15) is 28.9 Å². The molecular weight excluding hydrogens is 377 g/mol. The molecule has 150 valence electrons. The topological polar surface area (TPSA) is 88.3 Å². The zero-order chi connectivity index (χ0) is 20.6. The number of likely N-dealkylation sites (tertiary alicyclic amines) is 1. The van der Waals surface area contributed by atoms with Crippen molar-refractivity contribution in [3.05, 3.63) is 40.8 Å². The Hall–Kier alpha value is -2.91. The maximum Gasteiger partial charge on any atom is 0.417 e. The normalized spacial score (nSPS) is 17.2. The monoisotopic (exact) mass is 396 g/mol. The van der Waals surface area contributed by atoms with Crippen LogP contribution in [0.5, 0.6) is 0 Å². The van der Waals surface area contributed by atoms with E-state index >= 15 is 0 Å². The number of nitrogens with zero attached hydrogens (tertiary/aromatic N) is 4. The molecule has 0 radical (unpaired) electrons. The molecule has 1 fully saturated rings. The van der Waals surface area contributed by atoms with E-state index in [1.165, 1.54) is 15.6 Å². The molecule has 1 aliphatic rings. The highest BCUT2D eigenvalue weighted by molar-refractivity contribution is 5.81. The van der Waals surface area contributed by atoms with Crippen molar-refractivity contribution in [2.75, 3.05) is 13.1 Å². The Morgan fingerprint density at radius 2 is 2.00 bits per heavy atom. The van der Waals surface area contributed by atoms with Crippen molar-refractivity contribution in [1.29, 1.82) is 0 Å². The van der Waals surface area contributed by atoms with Gasteiger partial charge in [0.25, 0.3) is 0 Å². The van der Waals surface area contributed by atoms with Gasteiger partial charge in [-0.15, -0.1) is 0 Å². The minimum Gasteiger partial charge on any atom is -0.481 e. The molecule has 2 aromatic heterocycles. The Kier molecular flexibility index (Phi) is 5.14. The van der Waals surface area contributed by atoms with Crippen molar-refractivity contribution in [1.82, 2.24) is 19.7 Å². The van der Waals surface area contributed by atoms with E-state index in [0.717, 1.165) is 12.3 Å². The van der Waals surface area contributed by atoms with Gasteiger partial charge in [-0.2, -0.15) is 18.3 Å². The van der Waals surface area contributed by atoms with Gasteiger partial charge in [0, 0.05) is 30.5 Å². The third kappa shape index (κ3) is 3.85. The van der Waals surface area contributed by atoms with Crippen LogP contribution >= 0.6 is 0 Å². The fourth-order valence-corrected chi connectivity index (χ4v) is 3.28. The Morgan fingerprint density at radius 1 is 1.29 bits per heavy atom. The Labute approximate surface area is 158 Å². The first-order valence-corrected chi connectivity index (χ1v) is 8.67. The van der Waals surface area contributed by atoms with Gasteiger partial charge in [-0.05, 0) is 32.4 Å². The van der Waals surface area contributed by atoms with Crippen LogP contribution in [0, 0.1) is 19.8 Å². The Bertz CT molecular complexity index is 906. The van der Waals surface area contributed by atoms with Crippen molar-refractivity contribution in [3.8, 4) is 5.82 Å². The predicted octanol–water partition coefficient (Wildman–Crippen LogP) is 2.38. The van der Waals surface area contributed by atoms with Crippen LogP contribution in [0.2, 0.25) is 0 Å². The molecule has 0 aromatic carbocycles. The SMILES string of the molecule is Cc1nn(-c2ccc(C(F)(F)F)cn2)c(C)c1CC(=O)N1CC[C@@H](C(=O)O)C1. The highest BCUT2D eigenvalue weighted by Crippen LogP contribution is 2.29. The van der Waals surface area contributed by atoms with Crippen LogP contribution in [0.4, 0.5) is 13.2 Å². The maximum absolute atomic E-state index is 12.7. The van der Waals surface area contributed by atoms with Gasteiger partial charge in [0.1, 0.15) is 0 Å². The van der Waals surface area contributed by atoms with E-state index in [-0.39, 0.29) is 24.7 Å². The molecule has 1 saturated heterocycles. The smallest absolute Gasteiger partial charge is 0.417 e. The number of pyridine rings is 1. The lowest BCUT2D eigenvalue weighted by Gasteiger charge is -2.16. The fourth-order valence-electron chi connectivity index (χ4n) is 3.28. The summed E-state index contributed by atoms with van der Waals surface area (Å²) in [5.41, 5.74) is 0.981. The van der Waals surface area contributed by atoms with Crippen LogP contribution in [-0.4, -0.2) is 49.7 Å². The third-order valence-corrected chi connectivity index (χ3v) is 4.95. The number of aryl methyl sites for hydroxylation is 1. The second kappa shape index (κ2) is 7.25. The number of carbonyl (C=O) groups excluding carboxylic acids is 1. The lowest BCUT2D eigenvalue weighted by atomic mass is 10.1. The summed E-state index contributed by atoms with van der Waals surface area (Å²) >= 11 is 0. The van der Waals surface area contributed by atoms with Crippen LogP contribution < -0.4 is 0 Å². The molecular formula is C18H19F3N4O3. The molecule has 7 nitrogen and oxygen atoms in total. The highest BCUT2D eigenvalue weighted by atomic mass is 19.4. The molecule has 28 heavy (non-hydrogen) atoms. The quantitative estimate of drug-likeness (QED) is 0.857. The summed E-state index contributed by atoms with van der Waals surface area (Å²) < 4.78 is 39.5. The molecule has 3 heterocycles. The van der Waals surface area contributed by atoms with Crippen LogP contribution in [-0.2, 0) is 22.2 Å². The molecule has 2 aromatic rings. The number of carboxylic acids is 1. The van der Waals surface area contributed by atoms with Gasteiger partial charge in [0.05, 0.1) is 23.6 Å². The first-order valence-electron chi connectivity index (χ1n) is 8.67. The lowest BCUT2D eigenvalue weighted by molar-refractivity contribution is -0.141. The molecule has 1 amide bonds. The number of alkyl halides is 3. The number of amides is 1. The summed E-state index contributed by atoms with van der Waals surface area (Å²) in [4.78, 5) is 29.0. The minimum absolute atomic E-state index is 0.0463. The molecule has 0 aliphatic carbocycles. The number of carbonyl (C=O) groups is 2. The number of halogens is 3. The standard InChI is InChI=1S/C18H19F3N4O3/c1-10-14(7-16(26)24-6-5-12(9-24)17(27)28)11(2)25(23-10)15-4-3-13(8-22-15)18(19,20)21/h3-4,8,12H,5-7,9H2,1-2H3,(H,27,28)/t12-/m1/s1. The maximum atomic E-state index is 12.7.